The summed E-state index contributed by atoms with van der Waals surface area (Å²) in [6, 6.07) is 2.19. The maximum atomic E-state index is 12.3. The van der Waals surface area contributed by atoms with E-state index in [1.54, 1.807) is 0 Å². The highest BCUT2D eigenvalue weighted by atomic mass is 16.5. The van der Waals surface area contributed by atoms with Crippen molar-refractivity contribution in [1.29, 1.82) is 0 Å². The molecule has 1 aliphatic heterocycles. The van der Waals surface area contributed by atoms with Crippen molar-refractivity contribution in [1.82, 2.24) is 0 Å². The van der Waals surface area contributed by atoms with Crippen molar-refractivity contribution in [2.24, 2.45) is 0 Å². The van der Waals surface area contributed by atoms with Crippen LogP contribution in [0.3, 0.4) is 0 Å². The summed E-state index contributed by atoms with van der Waals surface area (Å²) >= 11 is 0. The topological polar surface area (TPSA) is 43.9 Å². The molecule has 1 atom stereocenters. The molecule has 1 aromatic carbocycles. The van der Waals surface area contributed by atoms with Crippen LogP contribution in [0.4, 0.5) is 0 Å². The molecule has 23 heavy (non-hydrogen) atoms. The minimum Gasteiger partial charge on any atom is -0.444 e. The van der Waals surface area contributed by atoms with E-state index in [0.717, 1.165) is 61.0 Å². The van der Waals surface area contributed by atoms with Crippen LogP contribution in [0.25, 0.3) is 11.0 Å². The highest BCUT2D eigenvalue weighted by Gasteiger charge is 2.26. The van der Waals surface area contributed by atoms with E-state index in [1.807, 2.05) is 13.0 Å². The van der Waals surface area contributed by atoms with Crippen molar-refractivity contribution < 1.29 is 14.1 Å². The SMILES string of the molecule is C=CC[NH+]1COc2c(cc3c4c(c(=O)oc3c2C)CCCC4)C1. The lowest BCUT2D eigenvalue weighted by Crippen LogP contribution is -3.12. The Kier molecular flexibility index (Phi) is 3.49. The van der Waals surface area contributed by atoms with Crippen molar-refractivity contribution >= 4 is 11.0 Å². The Hall–Kier alpha value is -2.07. The number of rotatable bonds is 2. The van der Waals surface area contributed by atoms with E-state index in [2.05, 4.69) is 12.6 Å². The molecule has 4 nitrogen and oxygen atoms in total. The van der Waals surface area contributed by atoms with Gasteiger partial charge in [-0.2, -0.15) is 0 Å². The van der Waals surface area contributed by atoms with Gasteiger partial charge in [-0.1, -0.05) is 6.58 Å². The van der Waals surface area contributed by atoms with Gasteiger partial charge in [-0.3, -0.25) is 4.90 Å². The van der Waals surface area contributed by atoms with Crippen LogP contribution >= 0.6 is 0 Å². The second-order valence-electron chi connectivity index (χ2n) is 6.63. The normalized spacial score (nSPS) is 19.8. The third-order valence-electron chi connectivity index (χ3n) is 5.06. The summed E-state index contributed by atoms with van der Waals surface area (Å²) in [5, 5.41) is 1.11. The molecule has 1 N–H and O–H groups in total. The predicted molar refractivity (Wildman–Crippen MR) is 89.1 cm³/mol. The number of quaternary nitrogens is 1. The molecule has 0 fully saturated rings. The molecule has 0 amide bonds. The molecule has 1 aliphatic carbocycles. The maximum Gasteiger partial charge on any atom is 0.339 e. The van der Waals surface area contributed by atoms with Crippen LogP contribution in [0.1, 0.15) is 35.1 Å². The monoisotopic (exact) mass is 312 g/mol. The quantitative estimate of drug-likeness (QED) is 0.680. The lowest BCUT2D eigenvalue weighted by atomic mass is 9.89. The first-order valence-corrected chi connectivity index (χ1v) is 8.37. The lowest BCUT2D eigenvalue weighted by molar-refractivity contribution is -0.927. The molecular formula is C19H22NO3+. The largest absolute Gasteiger partial charge is 0.444 e. The number of nitrogens with one attached hydrogen (secondary N) is 1. The van der Waals surface area contributed by atoms with E-state index >= 15 is 0 Å². The number of benzene rings is 1. The Labute approximate surface area is 135 Å². The van der Waals surface area contributed by atoms with E-state index in [9.17, 15) is 4.79 Å². The van der Waals surface area contributed by atoms with E-state index in [1.165, 1.54) is 16.0 Å². The molecule has 1 unspecified atom stereocenters. The van der Waals surface area contributed by atoms with Crippen LogP contribution in [0, 0.1) is 6.92 Å². The number of ether oxygens (including phenoxy) is 1. The van der Waals surface area contributed by atoms with Gasteiger partial charge in [0.05, 0.1) is 6.54 Å². The molecule has 4 rings (SSSR count). The summed E-state index contributed by atoms with van der Waals surface area (Å²) in [7, 11) is 0. The van der Waals surface area contributed by atoms with E-state index < -0.39 is 0 Å². The summed E-state index contributed by atoms with van der Waals surface area (Å²) in [6.07, 6.45) is 5.96. The fourth-order valence-corrected chi connectivity index (χ4v) is 3.95. The van der Waals surface area contributed by atoms with Crippen LogP contribution in [0.2, 0.25) is 0 Å². The first-order valence-electron chi connectivity index (χ1n) is 8.37. The molecule has 0 saturated carbocycles. The molecule has 1 aromatic heterocycles. The average Bonchev–Trinajstić information content (AvgIpc) is 2.57. The summed E-state index contributed by atoms with van der Waals surface area (Å²) < 4.78 is 11.6. The van der Waals surface area contributed by atoms with Crippen LogP contribution in [0.5, 0.6) is 5.75 Å². The average molecular weight is 312 g/mol. The Morgan fingerprint density at radius 1 is 1.30 bits per heavy atom. The van der Waals surface area contributed by atoms with Gasteiger partial charge in [0.2, 0.25) is 6.73 Å². The van der Waals surface area contributed by atoms with Crippen LogP contribution in [-0.2, 0) is 19.4 Å². The molecule has 4 heteroatoms. The Morgan fingerprint density at radius 2 is 2.09 bits per heavy atom. The summed E-state index contributed by atoms with van der Waals surface area (Å²) in [6.45, 7) is 8.25. The zero-order valence-electron chi connectivity index (χ0n) is 13.5. The van der Waals surface area contributed by atoms with Gasteiger partial charge in [0, 0.05) is 22.1 Å². The van der Waals surface area contributed by atoms with Gasteiger partial charge in [-0.25, -0.2) is 4.79 Å². The highest BCUT2D eigenvalue weighted by Crippen LogP contribution is 2.35. The second-order valence-corrected chi connectivity index (χ2v) is 6.63. The van der Waals surface area contributed by atoms with Crippen LogP contribution in [0.15, 0.2) is 27.9 Å². The molecule has 0 bridgehead atoms. The fourth-order valence-electron chi connectivity index (χ4n) is 3.95. The van der Waals surface area contributed by atoms with Gasteiger partial charge in [0.1, 0.15) is 17.9 Å². The van der Waals surface area contributed by atoms with Crippen LogP contribution in [-0.4, -0.2) is 13.3 Å². The van der Waals surface area contributed by atoms with Gasteiger partial charge < -0.3 is 9.15 Å². The van der Waals surface area contributed by atoms with Crippen molar-refractivity contribution in [2.45, 2.75) is 39.2 Å². The Balaban J connectivity index is 1.94. The molecule has 2 aromatic rings. The Morgan fingerprint density at radius 3 is 2.87 bits per heavy atom. The minimum absolute atomic E-state index is 0.162. The Bertz CT molecular complexity index is 850. The summed E-state index contributed by atoms with van der Waals surface area (Å²) in [5.41, 5.74) is 4.80. The molecule has 0 radical (unpaired) electrons. The molecule has 2 aliphatic rings. The number of hydrogen-bond acceptors (Lipinski definition) is 3. The van der Waals surface area contributed by atoms with Crippen molar-refractivity contribution in [3.05, 3.63) is 51.4 Å². The smallest absolute Gasteiger partial charge is 0.339 e. The number of aryl methyl sites for hydroxylation is 2. The third kappa shape index (κ3) is 2.29. The van der Waals surface area contributed by atoms with E-state index in [0.29, 0.717) is 12.3 Å². The highest BCUT2D eigenvalue weighted by molar-refractivity contribution is 5.87. The van der Waals surface area contributed by atoms with Gasteiger partial charge in [0.25, 0.3) is 0 Å². The predicted octanol–water partition coefficient (Wildman–Crippen LogP) is 1.90. The van der Waals surface area contributed by atoms with E-state index in [-0.39, 0.29) is 5.63 Å². The standard InChI is InChI=1S/C19H21NO3/c1-3-8-20-10-13-9-16-14-6-4-5-7-15(14)19(21)23-18(16)12(2)17(13)22-11-20/h3,9H,1,4-8,10-11H2,2H3/p+1. The molecular weight excluding hydrogens is 290 g/mol. The zero-order valence-corrected chi connectivity index (χ0v) is 13.5. The number of hydrogen-bond donors (Lipinski definition) is 1. The molecule has 0 spiro atoms. The first kappa shape index (κ1) is 14.5. The van der Waals surface area contributed by atoms with Crippen molar-refractivity contribution in [2.75, 3.05) is 13.3 Å². The third-order valence-corrected chi connectivity index (χ3v) is 5.06. The van der Waals surface area contributed by atoms with Gasteiger partial charge in [0.15, 0.2) is 0 Å². The van der Waals surface area contributed by atoms with Crippen LogP contribution < -0.4 is 15.3 Å². The van der Waals surface area contributed by atoms with E-state index in [4.69, 9.17) is 9.15 Å². The van der Waals surface area contributed by atoms with Gasteiger partial charge in [-0.15, -0.1) is 0 Å². The second kappa shape index (κ2) is 5.53. The zero-order chi connectivity index (χ0) is 16.0. The summed E-state index contributed by atoms with van der Waals surface area (Å²) in [5.74, 6) is 0.893. The molecule has 120 valence electrons. The summed E-state index contributed by atoms with van der Waals surface area (Å²) in [4.78, 5) is 13.7. The van der Waals surface area contributed by atoms with Crippen molar-refractivity contribution in [3.63, 3.8) is 0 Å². The van der Waals surface area contributed by atoms with Gasteiger partial charge in [-0.05, 0) is 50.3 Å². The fraction of sp³-hybridized carbons (Fsp3) is 0.421. The lowest BCUT2D eigenvalue weighted by Gasteiger charge is -2.27. The van der Waals surface area contributed by atoms with Gasteiger partial charge >= 0.3 is 5.63 Å². The number of fused-ring (bicyclic) bond motifs is 4. The maximum absolute atomic E-state index is 12.3. The molecule has 2 heterocycles. The molecule has 0 saturated heterocycles. The minimum atomic E-state index is -0.162. The van der Waals surface area contributed by atoms with Crippen molar-refractivity contribution in [3.8, 4) is 5.75 Å². The first-order chi connectivity index (χ1) is 11.2.